The molecule has 3 N–H and O–H groups in total. The highest BCUT2D eigenvalue weighted by Gasteiger charge is 2.10. The van der Waals surface area contributed by atoms with Gasteiger partial charge in [-0.25, -0.2) is 4.39 Å². The number of halogens is 1. The van der Waals surface area contributed by atoms with Gasteiger partial charge in [0.15, 0.2) is 0 Å². The fourth-order valence-electron chi connectivity index (χ4n) is 1.72. The van der Waals surface area contributed by atoms with Gasteiger partial charge in [0.05, 0.1) is 0 Å². The first-order chi connectivity index (χ1) is 9.29. The van der Waals surface area contributed by atoms with Crippen molar-refractivity contribution in [2.45, 2.75) is 17.4 Å². The summed E-state index contributed by atoms with van der Waals surface area (Å²) in [5.74, 6) is 6.06. The zero-order chi connectivity index (χ0) is 13.5. The first-order valence-corrected chi connectivity index (χ1v) is 7.00. The van der Waals surface area contributed by atoms with Gasteiger partial charge in [-0.3, -0.25) is 16.3 Å². The molecular formula is C14H16FN3S. The molecule has 1 atom stereocenters. The van der Waals surface area contributed by atoms with Gasteiger partial charge < -0.3 is 0 Å². The highest BCUT2D eigenvalue weighted by molar-refractivity contribution is 7.99. The van der Waals surface area contributed by atoms with Gasteiger partial charge in [0.25, 0.3) is 0 Å². The summed E-state index contributed by atoms with van der Waals surface area (Å²) in [6, 6.07) is 10.7. The average Bonchev–Trinajstić information content (AvgIpc) is 2.46. The molecule has 2 rings (SSSR count). The Morgan fingerprint density at radius 3 is 2.79 bits per heavy atom. The Morgan fingerprint density at radius 2 is 2.11 bits per heavy atom. The van der Waals surface area contributed by atoms with E-state index < -0.39 is 0 Å². The number of pyridine rings is 1. The lowest BCUT2D eigenvalue weighted by atomic mass is 10.1. The fraction of sp³-hybridized carbons (Fsp3) is 0.214. The predicted octanol–water partition coefficient (Wildman–Crippen LogP) is 2.39. The minimum atomic E-state index is -0.190. The number of thioether (sulfide) groups is 1. The quantitative estimate of drug-likeness (QED) is 0.483. The molecule has 100 valence electrons. The number of nitrogens with zero attached hydrogens (tertiary/aromatic N) is 1. The SMILES string of the molecule is NNC(CSc1ccccc1F)Cc1cccnc1. The molecule has 3 nitrogen and oxygen atoms in total. The second kappa shape index (κ2) is 7.23. The van der Waals surface area contributed by atoms with Crippen molar-refractivity contribution < 1.29 is 4.39 Å². The van der Waals surface area contributed by atoms with Gasteiger partial charge in [-0.2, -0.15) is 0 Å². The number of nitrogens with one attached hydrogen (secondary N) is 1. The van der Waals surface area contributed by atoms with E-state index in [0.29, 0.717) is 10.6 Å². The van der Waals surface area contributed by atoms with E-state index in [1.54, 1.807) is 18.3 Å². The number of aromatic nitrogens is 1. The van der Waals surface area contributed by atoms with Gasteiger partial charge in [-0.05, 0) is 30.2 Å². The summed E-state index contributed by atoms with van der Waals surface area (Å²) in [7, 11) is 0. The van der Waals surface area contributed by atoms with Crippen LogP contribution in [0.5, 0.6) is 0 Å². The van der Waals surface area contributed by atoms with Crippen LogP contribution in [0.4, 0.5) is 4.39 Å². The maximum Gasteiger partial charge on any atom is 0.136 e. The number of hydrazine groups is 1. The molecule has 1 unspecified atom stereocenters. The van der Waals surface area contributed by atoms with Gasteiger partial charge in [0.1, 0.15) is 5.82 Å². The van der Waals surface area contributed by atoms with Crippen molar-refractivity contribution in [3.8, 4) is 0 Å². The molecule has 0 saturated heterocycles. The van der Waals surface area contributed by atoms with Crippen molar-refractivity contribution >= 4 is 11.8 Å². The molecule has 19 heavy (non-hydrogen) atoms. The Labute approximate surface area is 116 Å². The molecule has 2 aromatic rings. The zero-order valence-corrected chi connectivity index (χ0v) is 11.2. The van der Waals surface area contributed by atoms with Gasteiger partial charge in [0.2, 0.25) is 0 Å². The zero-order valence-electron chi connectivity index (χ0n) is 10.4. The number of rotatable bonds is 6. The second-order valence-electron chi connectivity index (χ2n) is 4.17. The molecule has 0 spiro atoms. The molecule has 1 aromatic carbocycles. The largest absolute Gasteiger partial charge is 0.271 e. The number of nitrogens with two attached hydrogens (primary N) is 1. The molecule has 1 aromatic heterocycles. The minimum absolute atomic E-state index is 0.0776. The van der Waals surface area contributed by atoms with Crippen LogP contribution in [0, 0.1) is 5.82 Å². The van der Waals surface area contributed by atoms with Crippen molar-refractivity contribution in [1.29, 1.82) is 0 Å². The summed E-state index contributed by atoms with van der Waals surface area (Å²) < 4.78 is 13.5. The summed E-state index contributed by atoms with van der Waals surface area (Å²) in [5, 5.41) is 0. The first-order valence-electron chi connectivity index (χ1n) is 6.02. The predicted molar refractivity (Wildman–Crippen MR) is 76.2 cm³/mol. The van der Waals surface area contributed by atoms with Crippen molar-refractivity contribution in [2.75, 3.05) is 5.75 Å². The first kappa shape index (κ1) is 14.0. The smallest absolute Gasteiger partial charge is 0.136 e. The van der Waals surface area contributed by atoms with Crippen molar-refractivity contribution in [3.05, 3.63) is 60.2 Å². The molecule has 0 fully saturated rings. The number of hydrogen-bond donors (Lipinski definition) is 2. The molecule has 5 heteroatoms. The normalized spacial score (nSPS) is 12.3. The van der Waals surface area contributed by atoms with Crippen LogP contribution in [0.15, 0.2) is 53.7 Å². The van der Waals surface area contributed by atoms with Crippen LogP contribution < -0.4 is 11.3 Å². The maximum atomic E-state index is 13.5. The Morgan fingerprint density at radius 1 is 1.26 bits per heavy atom. The van der Waals surface area contributed by atoms with Crippen LogP contribution in [0.1, 0.15) is 5.56 Å². The van der Waals surface area contributed by atoms with E-state index in [1.807, 2.05) is 24.4 Å². The van der Waals surface area contributed by atoms with Crippen LogP contribution in [-0.2, 0) is 6.42 Å². The highest BCUT2D eigenvalue weighted by Crippen LogP contribution is 2.22. The summed E-state index contributed by atoms with van der Waals surface area (Å²) in [5.41, 5.74) is 3.88. The van der Waals surface area contributed by atoms with Crippen LogP contribution in [0.3, 0.4) is 0 Å². The molecular weight excluding hydrogens is 261 g/mol. The molecule has 0 saturated carbocycles. The van der Waals surface area contributed by atoms with E-state index in [2.05, 4.69) is 10.4 Å². The van der Waals surface area contributed by atoms with Gasteiger partial charge in [-0.1, -0.05) is 18.2 Å². The summed E-state index contributed by atoms with van der Waals surface area (Å²) >= 11 is 1.46. The topological polar surface area (TPSA) is 50.9 Å². The van der Waals surface area contributed by atoms with Crippen LogP contribution in [0.2, 0.25) is 0 Å². The van der Waals surface area contributed by atoms with Gasteiger partial charge in [0, 0.05) is 29.1 Å². The Bertz CT molecular complexity index is 507. The Hall–Kier alpha value is -1.43. The Balaban J connectivity index is 1.91. The van der Waals surface area contributed by atoms with E-state index in [-0.39, 0.29) is 11.9 Å². The third-order valence-electron chi connectivity index (χ3n) is 2.72. The lowest BCUT2D eigenvalue weighted by molar-refractivity contribution is 0.572. The lowest BCUT2D eigenvalue weighted by Crippen LogP contribution is -2.38. The van der Waals surface area contributed by atoms with E-state index >= 15 is 0 Å². The minimum Gasteiger partial charge on any atom is -0.271 e. The summed E-state index contributed by atoms with van der Waals surface area (Å²) in [6.07, 6.45) is 4.33. The summed E-state index contributed by atoms with van der Waals surface area (Å²) in [4.78, 5) is 4.72. The maximum absolute atomic E-state index is 13.5. The third kappa shape index (κ3) is 4.31. The average molecular weight is 277 g/mol. The highest BCUT2D eigenvalue weighted by atomic mass is 32.2. The summed E-state index contributed by atoms with van der Waals surface area (Å²) in [6.45, 7) is 0. The number of hydrogen-bond acceptors (Lipinski definition) is 4. The molecule has 0 amide bonds. The van der Waals surface area contributed by atoms with E-state index in [9.17, 15) is 4.39 Å². The van der Waals surface area contributed by atoms with Crippen LogP contribution >= 0.6 is 11.8 Å². The van der Waals surface area contributed by atoms with Gasteiger partial charge in [-0.15, -0.1) is 11.8 Å². The van der Waals surface area contributed by atoms with Crippen LogP contribution in [0.25, 0.3) is 0 Å². The third-order valence-corrected chi connectivity index (χ3v) is 3.93. The van der Waals surface area contributed by atoms with Gasteiger partial charge >= 0.3 is 0 Å². The second-order valence-corrected chi connectivity index (χ2v) is 5.23. The van der Waals surface area contributed by atoms with E-state index in [0.717, 1.165) is 12.0 Å². The monoisotopic (exact) mass is 277 g/mol. The van der Waals surface area contributed by atoms with Crippen molar-refractivity contribution in [1.82, 2.24) is 10.4 Å². The molecule has 0 aliphatic carbocycles. The van der Waals surface area contributed by atoms with E-state index in [1.165, 1.54) is 17.8 Å². The standard InChI is InChI=1S/C14H16FN3S/c15-13-5-1-2-6-14(13)19-10-12(18-16)8-11-4-3-7-17-9-11/h1-7,9,12,18H,8,10,16H2. The van der Waals surface area contributed by atoms with Crippen molar-refractivity contribution in [3.63, 3.8) is 0 Å². The van der Waals surface area contributed by atoms with Crippen LogP contribution in [-0.4, -0.2) is 16.8 Å². The molecule has 0 aliphatic rings. The molecule has 0 bridgehead atoms. The van der Waals surface area contributed by atoms with E-state index in [4.69, 9.17) is 5.84 Å². The number of benzene rings is 1. The Kier molecular flexibility index (Phi) is 5.32. The molecule has 0 aliphatic heterocycles. The molecule has 1 heterocycles. The molecule has 0 radical (unpaired) electrons. The fourth-order valence-corrected chi connectivity index (χ4v) is 2.70. The van der Waals surface area contributed by atoms with Crippen molar-refractivity contribution in [2.24, 2.45) is 5.84 Å². The lowest BCUT2D eigenvalue weighted by Gasteiger charge is -2.15.